The molecule has 1 aliphatic rings. The monoisotopic (exact) mass is 306 g/mol. The Kier molecular flexibility index (Phi) is 5.63. The smallest absolute Gasteiger partial charge is 0.243 e. The van der Waals surface area contributed by atoms with Gasteiger partial charge in [0.05, 0.1) is 20.4 Å². The van der Waals surface area contributed by atoms with Crippen LogP contribution >= 0.6 is 0 Å². The minimum atomic E-state index is -0.0617. The van der Waals surface area contributed by atoms with Gasteiger partial charge in [-0.15, -0.1) is 0 Å². The average Bonchev–Trinajstić information content (AvgIpc) is 2.56. The molecule has 0 unspecified atom stereocenters. The van der Waals surface area contributed by atoms with E-state index in [0.717, 1.165) is 25.7 Å². The highest BCUT2D eigenvalue weighted by molar-refractivity contribution is 5.85. The molecule has 1 aromatic rings. The topological polar surface area (TPSA) is 80.2 Å². The number of carbonyl (C=O) groups excluding carboxylic acids is 1. The van der Waals surface area contributed by atoms with Crippen molar-refractivity contribution in [2.24, 2.45) is 11.0 Å². The number of carbonyl (C=O) groups is 1. The molecule has 2 rings (SSSR count). The van der Waals surface area contributed by atoms with Gasteiger partial charge in [0.15, 0.2) is 11.5 Å². The maximum absolute atomic E-state index is 12.0. The zero-order chi connectivity index (χ0) is 15.9. The summed E-state index contributed by atoms with van der Waals surface area (Å²) in [7, 11) is 2.92. The van der Waals surface area contributed by atoms with Crippen molar-refractivity contribution < 1.29 is 19.4 Å². The first kappa shape index (κ1) is 16.1. The van der Waals surface area contributed by atoms with Crippen molar-refractivity contribution in [3.63, 3.8) is 0 Å². The van der Waals surface area contributed by atoms with Crippen LogP contribution in [0.1, 0.15) is 37.7 Å². The number of ether oxygens (including phenoxy) is 2. The van der Waals surface area contributed by atoms with Gasteiger partial charge in [0, 0.05) is 11.5 Å². The third-order valence-corrected chi connectivity index (χ3v) is 3.87. The summed E-state index contributed by atoms with van der Waals surface area (Å²) in [6.45, 7) is 0. The molecule has 1 fully saturated rings. The Hall–Kier alpha value is -2.24. The van der Waals surface area contributed by atoms with E-state index < -0.39 is 0 Å². The molecular formula is C16H22N2O4. The van der Waals surface area contributed by atoms with Crippen molar-refractivity contribution in [2.45, 2.75) is 32.1 Å². The van der Waals surface area contributed by atoms with Gasteiger partial charge in [0.2, 0.25) is 11.7 Å². The number of benzene rings is 1. The predicted octanol–water partition coefficient (Wildman–Crippen LogP) is 2.44. The molecule has 0 heterocycles. The number of hydrazone groups is 1. The first-order chi connectivity index (χ1) is 10.7. The van der Waals surface area contributed by atoms with Crippen LogP contribution in [0.3, 0.4) is 0 Å². The lowest BCUT2D eigenvalue weighted by Crippen LogP contribution is -2.28. The van der Waals surface area contributed by atoms with Gasteiger partial charge in [-0.25, -0.2) is 5.43 Å². The minimum absolute atomic E-state index is 0.0336. The van der Waals surface area contributed by atoms with Crippen molar-refractivity contribution in [2.75, 3.05) is 14.2 Å². The number of phenolic OH excluding ortho intramolecular Hbond substituents is 1. The summed E-state index contributed by atoms with van der Waals surface area (Å²) in [5, 5.41) is 13.8. The van der Waals surface area contributed by atoms with E-state index in [2.05, 4.69) is 10.5 Å². The van der Waals surface area contributed by atoms with Crippen LogP contribution in [-0.4, -0.2) is 31.4 Å². The van der Waals surface area contributed by atoms with Gasteiger partial charge in [-0.2, -0.15) is 5.10 Å². The first-order valence-electron chi connectivity index (χ1n) is 7.43. The van der Waals surface area contributed by atoms with E-state index in [1.54, 1.807) is 12.1 Å². The van der Waals surface area contributed by atoms with Crippen LogP contribution in [0.4, 0.5) is 0 Å². The third-order valence-electron chi connectivity index (χ3n) is 3.87. The molecule has 1 saturated carbocycles. The molecule has 1 aromatic carbocycles. The van der Waals surface area contributed by atoms with E-state index in [1.807, 2.05) is 0 Å². The lowest BCUT2D eigenvalue weighted by molar-refractivity contribution is -0.125. The average molecular weight is 306 g/mol. The summed E-state index contributed by atoms with van der Waals surface area (Å²) in [4.78, 5) is 12.0. The zero-order valence-corrected chi connectivity index (χ0v) is 13.0. The second-order valence-electron chi connectivity index (χ2n) is 5.34. The Bertz CT molecular complexity index is 526. The largest absolute Gasteiger partial charge is 0.502 e. The number of nitrogens with zero attached hydrogens (tertiary/aromatic N) is 1. The van der Waals surface area contributed by atoms with Crippen LogP contribution in [0.5, 0.6) is 17.2 Å². The van der Waals surface area contributed by atoms with E-state index in [-0.39, 0.29) is 17.6 Å². The molecule has 120 valence electrons. The summed E-state index contributed by atoms with van der Waals surface area (Å²) in [5.41, 5.74) is 3.24. The fourth-order valence-electron chi connectivity index (χ4n) is 2.61. The van der Waals surface area contributed by atoms with Crippen LogP contribution in [0.15, 0.2) is 17.2 Å². The molecule has 6 nitrogen and oxygen atoms in total. The Balaban J connectivity index is 2.01. The third kappa shape index (κ3) is 3.90. The summed E-state index contributed by atoms with van der Waals surface area (Å²) in [5.74, 6) is 0.552. The first-order valence-corrected chi connectivity index (χ1v) is 7.43. The molecule has 6 heteroatoms. The number of rotatable bonds is 5. The maximum atomic E-state index is 12.0. The lowest BCUT2D eigenvalue weighted by atomic mass is 9.89. The molecule has 0 aromatic heterocycles. The molecular weight excluding hydrogens is 284 g/mol. The summed E-state index contributed by atoms with van der Waals surface area (Å²) in [6.07, 6.45) is 6.79. The van der Waals surface area contributed by atoms with E-state index in [1.165, 1.54) is 26.9 Å². The number of hydrogen-bond acceptors (Lipinski definition) is 5. The van der Waals surface area contributed by atoms with E-state index in [4.69, 9.17) is 9.47 Å². The predicted molar refractivity (Wildman–Crippen MR) is 83.5 cm³/mol. The van der Waals surface area contributed by atoms with Crippen LogP contribution in [0.2, 0.25) is 0 Å². The van der Waals surface area contributed by atoms with Crippen LogP contribution in [-0.2, 0) is 4.79 Å². The Morgan fingerprint density at radius 2 is 1.82 bits per heavy atom. The number of methoxy groups -OCH3 is 2. The molecule has 0 saturated heterocycles. The molecule has 0 atom stereocenters. The minimum Gasteiger partial charge on any atom is -0.502 e. The fraction of sp³-hybridized carbons (Fsp3) is 0.500. The highest BCUT2D eigenvalue weighted by atomic mass is 16.5. The summed E-state index contributed by atoms with van der Waals surface area (Å²) >= 11 is 0. The van der Waals surface area contributed by atoms with Crippen molar-refractivity contribution in [1.29, 1.82) is 0 Å². The molecule has 0 spiro atoms. The van der Waals surface area contributed by atoms with Gasteiger partial charge < -0.3 is 14.6 Å². The molecule has 0 aliphatic heterocycles. The highest BCUT2D eigenvalue weighted by Gasteiger charge is 2.20. The summed E-state index contributed by atoms with van der Waals surface area (Å²) < 4.78 is 10.1. The van der Waals surface area contributed by atoms with Gasteiger partial charge in [0.1, 0.15) is 0 Å². The van der Waals surface area contributed by atoms with Gasteiger partial charge in [-0.3, -0.25) is 4.79 Å². The van der Waals surface area contributed by atoms with Crippen LogP contribution < -0.4 is 14.9 Å². The number of phenols is 1. The molecule has 22 heavy (non-hydrogen) atoms. The van der Waals surface area contributed by atoms with Gasteiger partial charge in [-0.1, -0.05) is 19.3 Å². The van der Waals surface area contributed by atoms with Crippen molar-refractivity contribution in [3.05, 3.63) is 17.7 Å². The molecule has 1 amide bonds. The van der Waals surface area contributed by atoms with Gasteiger partial charge in [0.25, 0.3) is 0 Å². The molecule has 2 N–H and O–H groups in total. The normalized spacial score (nSPS) is 15.7. The second kappa shape index (κ2) is 7.68. The molecule has 0 bridgehead atoms. The van der Waals surface area contributed by atoms with Gasteiger partial charge in [-0.05, 0) is 25.0 Å². The summed E-state index contributed by atoms with van der Waals surface area (Å²) in [6, 6.07) is 3.24. The number of amides is 1. The van der Waals surface area contributed by atoms with E-state index >= 15 is 0 Å². The maximum Gasteiger partial charge on any atom is 0.243 e. The van der Waals surface area contributed by atoms with Gasteiger partial charge >= 0.3 is 0 Å². The molecule has 0 radical (unpaired) electrons. The quantitative estimate of drug-likeness (QED) is 0.647. The number of nitrogens with one attached hydrogen (secondary N) is 1. The van der Waals surface area contributed by atoms with Crippen LogP contribution in [0, 0.1) is 5.92 Å². The van der Waals surface area contributed by atoms with Crippen LogP contribution in [0.25, 0.3) is 0 Å². The van der Waals surface area contributed by atoms with Crippen molar-refractivity contribution in [3.8, 4) is 17.2 Å². The van der Waals surface area contributed by atoms with E-state index in [0.29, 0.717) is 17.1 Å². The standard InChI is InChI=1S/C16H22N2O4/c1-21-13-8-11(9-14(22-2)15(13)19)10-17-18-16(20)12-6-4-3-5-7-12/h8-10,12,19H,3-7H2,1-2H3,(H,18,20)/b17-10+. The SMILES string of the molecule is COc1cc(/C=N/NC(=O)C2CCCCC2)cc(OC)c1O. The number of hydrogen-bond donors (Lipinski definition) is 2. The fourth-order valence-corrected chi connectivity index (χ4v) is 2.61. The Labute approximate surface area is 130 Å². The lowest BCUT2D eigenvalue weighted by Gasteiger charge is -2.19. The Morgan fingerprint density at radius 3 is 2.36 bits per heavy atom. The molecule has 1 aliphatic carbocycles. The van der Waals surface area contributed by atoms with E-state index in [9.17, 15) is 9.90 Å². The van der Waals surface area contributed by atoms with Crippen molar-refractivity contribution >= 4 is 12.1 Å². The second-order valence-corrected chi connectivity index (χ2v) is 5.34. The van der Waals surface area contributed by atoms with Crippen molar-refractivity contribution in [1.82, 2.24) is 5.43 Å². The zero-order valence-electron chi connectivity index (χ0n) is 13.0. The Morgan fingerprint density at radius 1 is 1.23 bits per heavy atom. The highest BCUT2D eigenvalue weighted by Crippen LogP contribution is 2.36. The number of aromatic hydroxyl groups is 1.